The van der Waals surface area contributed by atoms with Crippen LogP contribution < -0.4 is 15.5 Å². The Morgan fingerprint density at radius 3 is 2.74 bits per heavy atom. The molecule has 0 spiro atoms. The molecule has 1 fully saturated rings. The molecule has 0 radical (unpaired) electrons. The largest absolute Gasteiger partial charge is 0.347 e. The van der Waals surface area contributed by atoms with Gasteiger partial charge >= 0.3 is 6.03 Å². The number of nitrogens with one attached hydrogen (secondary N) is 2. The van der Waals surface area contributed by atoms with Crippen LogP contribution in [0.5, 0.6) is 0 Å². The van der Waals surface area contributed by atoms with Crippen LogP contribution in [0.2, 0.25) is 0 Å². The van der Waals surface area contributed by atoms with Crippen LogP contribution in [0.1, 0.15) is 22.5 Å². The summed E-state index contributed by atoms with van der Waals surface area (Å²) >= 11 is 1.26. The molecule has 4 aromatic rings. The monoisotopic (exact) mass is 580 g/mol. The van der Waals surface area contributed by atoms with Crippen molar-refractivity contribution >= 4 is 56.5 Å². The van der Waals surface area contributed by atoms with Gasteiger partial charge in [-0.25, -0.2) is 9.78 Å². The summed E-state index contributed by atoms with van der Waals surface area (Å²) in [6.45, 7) is 1.79. The number of thiophene rings is 1. The highest BCUT2D eigenvalue weighted by molar-refractivity contribution is 7.21. The van der Waals surface area contributed by atoms with E-state index in [1.165, 1.54) is 11.3 Å². The van der Waals surface area contributed by atoms with Crippen LogP contribution in [-0.4, -0.2) is 72.4 Å². The molecular weight excluding hydrogens is 548 g/mol. The first kappa shape index (κ1) is 27.6. The lowest BCUT2D eigenvalue weighted by Crippen LogP contribution is -2.49. The van der Waals surface area contributed by atoms with Gasteiger partial charge in [-0.3, -0.25) is 14.5 Å². The van der Waals surface area contributed by atoms with Gasteiger partial charge in [-0.1, -0.05) is 48.5 Å². The number of pyridine rings is 1. The van der Waals surface area contributed by atoms with E-state index in [2.05, 4.69) is 15.6 Å². The first-order valence-electron chi connectivity index (χ1n) is 14.0. The molecule has 1 atom stereocenters. The van der Waals surface area contributed by atoms with Gasteiger partial charge < -0.3 is 20.4 Å². The Labute approximate surface area is 248 Å². The first-order chi connectivity index (χ1) is 20.4. The maximum absolute atomic E-state index is 13.6. The molecule has 10 heteroatoms. The smallest absolute Gasteiger partial charge is 0.331 e. The highest BCUT2D eigenvalue weighted by Crippen LogP contribution is 2.46. The molecule has 0 bridgehead atoms. The fraction of sp³-hybridized carbons (Fsp3) is 0.250. The molecule has 1 saturated heterocycles. The maximum atomic E-state index is 13.6. The quantitative estimate of drug-likeness (QED) is 0.282. The molecule has 2 aliphatic rings. The minimum Gasteiger partial charge on any atom is -0.347 e. The number of nitrogens with zero attached hydrogens (tertiary/aromatic N) is 4. The van der Waals surface area contributed by atoms with E-state index in [9.17, 15) is 14.4 Å². The van der Waals surface area contributed by atoms with Crippen molar-refractivity contribution in [3.63, 3.8) is 0 Å². The molecule has 0 saturated carbocycles. The van der Waals surface area contributed by atoms with E-state index in [1.54, 1.807) is 22.1 Å². The van der Waals surface area contributed by atoms with Crippen molar-refractivity contribution in [3.8, 4) is 11.1 Å². The zero-order valence-corrected chi connectivity index (χ0v) is 24.4. The highest BCUT2D eigenvalue weighted by atomic mass is 32.1. The SMILES string of the molecule is CN(C)CC=CC(=O)N1CCCC(NC(=O)c2sc3nccc4c3c2NC(=O)N4c2cccc(-c3ccccc3)c2)C1. The van der Waals surface area contributed by atoms with Crippen LogP contribution in [0.25, 0.3) is 21.3 Å². The number of anilines is 3. The molecule has 0 aliphatic carbocycles. The second-order valence-corrected chi connectivity index (χ2v) is 11.8. The predicted molar refractivity (Wildman–Crippen MR) is 167 cm³/mol. The number of likely N-dealkylation sites (tertiary alicyclic amines) is 1. The van der Waals surface area contributed by atoms with E-state index in [4.69, 9.17) is 0 Å². The Kier molecular flexibility index (Phi) is 7.73. The molecule has 4 amide bonds. The van der Waals surface area contributed by atoms with E-state index in [-0.39, 0.29) is 23.9 Å². The second-order valence-electron chi connectivity index (χ2n) is 10.8. The Balaban J connectivity index is 1.25. The summed E-state index contributed by atoms with van der Waals surface area (Å²) in [5, 5.41) is 6.83. The normalized spacial score (nSPS) is 16.7. The fourth-order valence-corrected chi connectivity index (χ4v) is 6.49. The number of hydrogen-bond donors (Lipinski definition) is 2. The summed E-state index contributed by atoms with van der Waals surface area (Å²) in [7, 11) is 3.90. The minimum atomic E-state index is -0.341. The van der Waals surface area contributed by atoms with E-state index in [0.717, 1.165) is 35.0 Å². The Morgan fingerprint density at radius 1 is 1.12 bits per heavy atom. The summed E-state index contributed by atoms with van der Waals surface area (Å²) in [6, 6.07) is 19.1. The van der Waals surface area contributed by atoms with Crippen molar-refractivity contribution < 1.29 is 14.4 Å². The van der Waals surface area contributed by atoms with Crippen LogP contribution in [0.4, 0.5) is 21.9 Å². The Bertz CT molecular complexity index is 1680. The Hall–Kier alpha value is -4.54. The lowest BCUT2D eigenvalue weighted by Gasteiger charge is -2.32. The van der Waals surface area contributed by atoms with Gasteiger partial charge in [0.25, 0.3) is 5.91 Å². The van der Waals surface area contributed by atoms with E-state index < -0.39 is 0 Å². The average molecular weight is 581 g/mol. The van der Waals surface area contributed by atoms with Crippen molar-refractivity contribution in [3.05, 3.63) is 83.9 Å². The van der Waals surface area contributed by atoms with Crippen molar-refractivity contribution in [1.82, 2.24) is 20.1 Å². The molecule has 9 nitrogen and oxygen atoms in total. The third-order valence-electron chi connectivity index (χ3n) is 7.46. The summed E-state index contributed by atoms with van der Waals surface area (Å²) in [4.78, 5) is 50.8. The molecule has 2 N–H and O–H groups in total. The number of benzene rings is 2. The number of carbonyl (C=O) groups excluding carboxylic acids is 3. The van der Waals surface area contributed by atoms with Gasteiger partial charge in [0.2, 0.25) is 5.91 Å². The topological polar surface area (TPSA) is 97.9 Å². The van der Waals surface area contributed by atoms with Crippen LogP contribution in [0.3, 0.4) is 0 Å². The van der Waals surface area contributed by atoms with Crippen molar-refractivity contribution in [2.75, 3.05) is 43.9 Å². The zero-order valence-electron chi connectivity index (χ0n) is 23.5. The maximum Gasteiger partial charge on any atom is 0.331 e. The van der Waals surface area contributed by atoms with Gasteiger partial charge in [0.05, 0.1) is 22.4 Å². The van der Waals surface area contributed by atoms with Gasteiger partial charge in [-0.15, -0.1) is 11.3 Å². The number of hydrogen-bond acceptors (Lipinski definition) is 6. The number of piperidine rings is 1. The van der Waals surface area contributed by atoms with Gasteiger partial charge in [0.1, 0.15) is 9.71 Å². The highest BCUT2D eigenvalue weighted by Gasteiger charge is 2.34. The third kappa shape index (κ3) is 5.50. The Morgan fingerprint density at radius 2 is 1.93 bits per heavy atom. The molecule has 6 rings (SSSR count). The third-order valence-corrected chi connectivity index (χ3v) is 8.56. The molecule has 42 heavy (non-hydrogen) atoms. The van der Waals surface area contributed by atoms with Crippen LogP contribution in [0.15, 0.2) is 79.0 Å². The standard InChI is InChI=1S/C32H32N6O3S/c1-36(2)17-8-14-26(39)37-18-7-12-23(20-37)34-30(40)29-28-27-25(15-16-33-31(27)42-29)38(32(41)35-28)24-13-6-11-22(19-24)21-9-4-3-5-10-21/h3-6,8-11,13-16,19,23H,7,12,17-18,20H2,1-2H3,(H,34,40)(H,35,41). The molecule has 1 unspecified atom stereocenters. The van der Waals surface area contributed by atoms with Crippen molar-refractivity contribution in [1.29, 1.82) is 0 Å². The summed E-state index contributed by atoms with van der Waals surface area (Å²) in [5.74, 6) is -0.327. The number of urea groups is 1. The van der Waals surface area contributed by atoms with E-state index >= 15 is 0 Å². The van der Waals surface area contributed by atoms with Gasteiger partial charge in [-0.05, 0) is 56.3 Å². The predicted octanol–water partition coefficient (Wildman–Crippen LogP) is 5.49. The number of carbonyl (C=O) groups is 3. The average Bonchev–Trinajstić information content (AvgIpc) is 3.37. The second kappa shape index (κ2) is 11.8. The van der Waals surface area contributed by atoms with Crippen LogP contribution >= 0.6 is 11.3 Å². The molecule has 2 aromatic heterocycles. The number of rotatable bonds is 7. The number of likely N-dealkylation sites (N-methyl/N-ethyl adjacent to an activating group) is 1. The molecule has 2 aromatic carbocycles. The molecule has 4 heterocycles. The summed E-state index contributed by atoms with van der Waals surface area (Å²) in [6.07, 6.45) is 6.70. The van der Waals surface area contributed by atoms with Crippen molar-refractivity contribution in [2.24, 2.45) is 0 Å². The number of amides is 4. The van der Waals surface area contributed by atoms with Gasteiger partial charge in [0.15, 0.2) is 0 Å². The van der Waals surface area contributed by atoms with Gasteiger partial charge in [-0.2, -0.15) is 0 Å². The molecule has 2 aliphatic heterocycles. The van der Waals surface area contributed by atoms with E-state index in [1.807, 2.05) is 85.7 Å². The van der Waals surface area contributed by atoms with Crippen LogP contribution in [0, 0.1) is 0 Å². The molecule has 214 valence electrons. The van der Waals surface area contributed by atoms with Gasteiger partial charge in [0, 0.05) is 37.9 Å². The van der Waals surface area contributed by atoms with E-state index in [0.29, 0.717) is 40.7 Å². The lowest BCUT2D eigenvalue weighted by atomic mass is 10.0. The fourth-order valence-electron chi connectivity index (χ4n) is 5.47. The van der Waals surface area contributed by atoms with Crippen LogP contribution in [-0.2, 0) is 4.79 Å². The summed E-state index contributed by atoms with van der Waals surface area (Å²) < 4.78 is 0. The lowest BCUT2D eigenvalue weighted by molar-refractivity contribution is -0.127. The van der Waals surface area contributed by atoms with Crippen molar-refractivity contribution in [2.45, 2.75) is 18.9 Å². The summed E-state index contributed by atoms with van der Waals surface area (Å²) in [5.41, 5.74) is 3.93. The molecular formula is C32H32N6O3S. The zero-order chi connectivity index (χ0) is 29.2. The first-order valence-corrected chi connectivity index (χ1v) is 14.8. The minimum absolute atomic E-state index is 0.0507. The number of aromatic nitrogens is 1.